The van der Waals surface area contributed by atoms with Crippen molar-refractivity contribution in [1.82, 2.24) is 9.97 Å². The molecular formula is C11H15N3O. The van der Waals surface area contributed by atoms with E-state index in [0.717, 1.165) is 5.69 Å². The number of hydrogen-bond donors (Lipinski definition) is 1. The molecule has 0 spiro atoms. The molecule has 4 heteroatoms. The summed E-state index contributed by atoms with van der Waals surface area (Å²) in [5, 5.41) is 2.52. The third kappa shape index (κ3) is 3.16. The number of nitrogens with one attached hydrogen (secondary N) is 1. The highest BCUT2D eigenvalue weighted by Crippen LogP contribution is 2.19. The van der Waals surface area contributed by atoms with E-state index in [1.54, 1.807) is 6.20 Å². The lowest BCUT2D eigenvalue weighted by molar-refractivity contribution is -0.111. The van der Waals surface area contributed by atoms with Crippen molar-refractivity contribution in [3.63, 3.8) is 0 Å². The predicted octanol–water partition coefficient (Wildman–Crippen LogP) is 1.90. The lowest BCUT2D eigenvalue weighted by Gasteiger charge is -2.17. The lowest BCUT2D eigenvalue weighted by atomic mass is 9.92. The number of hydrogen-bond acceptors (Lipinski definition) is 3. The molecule has 0 saturated carbocycles. The molecule has 1 amide bonds. The second-order valence-corrected chi connectivity index (χ2v) is 4.21. The fourth-order valence-electron chi connectivity index (χ4n) is 0.998. The first-order valence-corrected chi connectivity index (χ1v) is 4.70. The number of aromatic nitrogens is 2. The zero-order chi connectivity index (χ0) is 11.5. The third-order valence-electron chi connectivity index (χ3n) is 1.84. The summed E-state index contributed by atoms with van der Waals surface area (Å²) in [6.45, 7) is 9.51. The molecule has 1 aromatic rings. The van der Waals surface area contributed by atoms with Crippen LogP contribution >= 0.6 is 0 Å². The molecule has 0 unspecified atom stereocenters. The van der Waals surface area contributed by atoms with Gasteiger partial charge in [-0.25, -0.2) is 9.97 Å². The third-order valence-corrected chi connectivity index (χ3v) is 1.84. The van der Waals surface area contributed by atoms with Gasteiger partial charge >= 0.3 is 0 Å². The van der Waals surface area contributed by atoms with Gasteiger partial charge in [0.2, 0.25) is 11.9 Å². The van der Waals surface area contributed by atoms with Crippen LogP contribution in [0.5, 0.6) is 0 Å². The van der Waals surface area contributed by atoms with Gasteiger partial charge in [0.05, 0.1) is 5.69 Å². The van der Waals surface area contributed by atoms with Crippen LogP contribution in [0, 0.1) is 0 Å². The van der Waals surface area contributed by atoms with Crippen LogP contribution in [0.1, 0.15) is 26.5 Å². The summed E-state index contributed by atoms with van der Waals surface area (Å²) in [7, 11) is 0. The Morgan fingerprint density at radius 1 is 1.53 bits per heavy atom. The van der Waals surface area contributed by atoms with Gasteiger partial charge in [0, 0.05) is 11.6 Å². The first-order valence-electron chi connectivity index (χ1n) is 4.70. The zero-order valence-corrected chi connectivity index (χ0v) is 9.24. The number of carbonyl (C=O) groups is 1. The van der Waals surface area contributed by atoms with Gasteiger partial charge < -0.3 is 0 Å². The van der Waals surface area contributed by atoms with E-state index in [2.05, 4.69) is 42.6 Å². The van der Waals surface area contributed by atoms with Crippen LogP contribution < -0.4 is 5.32 Å². The highest BCUT2D eigenvalue weighted by Gasteiger charge is 2.16. The predicted molar refractivity (Wildman–Crippen MR) is 59.6 cm³/mol. The average molecular weight is 205 g/mol. The Labute approximate surface area is 89.4 Å². The van der Waals surface area contributed by atoms with E-state index >= 15 is 0 Å². The monoisotopic (exact) mass is 205 g/mol. The molecule has 0 radical (unpaired) electrons. The van der Waals surface area contributed by atoms with Gasteiger partial charge in [-0.2, -0.15) is 0 Å². The Morgan fingerprint density at radius 3 is 2.73 bits per heavy atom. The molecule has 4 nitrogen and oxygen atoms in total. The summed E-state index contributed by atoms with van der Waals surface area (Å²) in [5.41, 5.74) is 0.827. The SMILES string of the molecule is C=CC(=O)Nc1nccc(C(C)(C)C)n1. The average Bonchev–Trinajstić information content (AvgIpc) is 2.17. The normalized spacial score (nSPS) is 10.9. The Balaban J connectivity index is 2.93. The number of amides is 1. The molecular weight excluding hydrogens is 190 g/mol. The van der Waals surface area contributed by atoms with Gasteiger partial charge in [0.1, 0.15) is 0 Å². The van der Waals surface area contributed by atoms with Crippen molar-refractivity contribution in [3.8, 4) is 0 Å². The van der Waals surface area contributed by atoms with Crippen molar-refractivity contribution < 1.29 is 4.79 Å². The van der Waals surface area contributed by atoms with E-state index in [1.807, 2.05) is 6.07 Å². The van der Waals surface area contributed by atoms with Crippen molar-refractivity contribution in [1.29, 1.82) is 0 Å². The van der Waals surface area contributed by atoms with Crippen LogP contribution in [0.4, 0.5) is 5.95 Å². The van der Waals surface area contributed by atoms with Crippen LogP contribution in [-0.4, -0.2) is 15.9 Å². The van der Waals surface area contributed by atoms with Crippen LogP contribution in [0.15, 0.2) is 24.9 Å². The molecule has 1 heterocycles. The second kappa shape index (κ2) is 4.21. The highest BCUT2D eigenvalue weighted by atomic mass is 16.1. The van der Waals surface area contributed by atoms with E-state index in [4.69, 9.17) is 0 Å². The zero-order valence-electron chi connectivity index (χ0n) is 9.24. The van der Waals surface area contributed by atoms with E-state index in [-0.39, 0.29) is 11.3 Å². The fourth-order valence-corrected chi connectivity index (χ4v) is 0.998. The topological polar surface area (TPSA) is 54.9 Å². The summed E-state index contributed by atoms with van der Waals surface area (Å²) >= 11 is 0. The minimum Gasteiger partial charge on any atom is -0.291 e. The van der Waals surface area contributed by atoms with Crippen LogP contribution in [-0.2, 0) is 10.2 Å². The molecule has 0 saturated heterocycles. The number of anilines is 1. The van der Waals surface area contributed by atoms with Crippen molar-refractivity contribution in [3.05, 3.63) is 30.6 Å². The van der Waals surface area contributed by atoms with Crippen LogP contribution in [0.25, 0.3) is 0 Å². The van der Waals surface area contributed by atoms with Gasteiger partial charge in [-0.15, -0.1) is 0 Å². The second-order valence-electron chi connectivity index (χ2n) is 4.21. The number of rotatable bonds is 2. The molecule has 1 N–H and O–H groups in total. The van der Waals surface area contributed by atoms with Crippen LogP contribution in [0.2, 0.25) is 0 Å². The van der Waals surface area contributed by atoms with E-state index < -0.39 is 0 Å². The quantitative estimate of drug-likeness (QED) is 0.750. The van der Waals surface area contributed by atoms with Gasteiger partial charge in [-0.3, -0.25) is 10.1 Å². The fraction of sp³-hybridized carbons (Fsp3) is 0.364. The van der Waals surface area contributed by atoms with Gasteiger partial charge in [-0.05, 0) is 12.1 Å². The van der Waals surface area contributed by atoms with Crippen molar-refractivity contribution in [2.45, 2.75) is 26.2 Å². The van der Waals surface area contributed by atoms with Crippen LogP contribution in [0.3, 0.4) is 0 Å². The number of nitrogens with zero attached hydrogens (tertiary/aromatic N) is 2. The maximum atomic E-state index is 11.0. The Bertz CT molecular complexity index is 380. The van der Waals surface area contributed by atoms with E-state index in [0.29, 0.717) is 5.95 Å². The Hall–Kier alpha value is -1.71. The molecule has 15 heavy (non-hydrogen) atoms. The summed E-state index contributed by atoms with van der Waals surface area (Å²) < 4.78 is 0. The number of carbonyl (C=O) groups excluding carboxylic acids is 1. The minimum absolute atomic E-state index is 0.0589. The minimum atomic E-state index is -0.305. The molecule has 80 valence electrons. The van der Waals surface area contributed by atoms with Gasteiger partial charge in [0.15, 0.2) is 0 Å². The summed E-state index contributed by atoms with van der Waals surface area (Å²) in [5.74, 6) is 0.00776. The standard InChI is InChI=1S/C11H15N3O/c1-5-9(15)14-10-12-7-6-8(13-10)11(2,3)4/h5-7H,1H2,2-4H3,(H,12,13,14,15). The molecule has 0 fully saturated rings. The largest absolute Gasteiger partial charge is 0.291 e. The molecule has 0 aliphatic heterocycles. The lowest BCUT2D eigenvalue weighted by Crippen LogP contribution is -2.17. The molecule has 0 aliphatic carbocycles. The van der Waals surface area contributed by atoms with Gasteiger partial charge in [0.25, 0.3) is 0 Å². The first kappa shape index (κ1) is 11.4. The molecule has 1 aromatic heterocycles. The highest BCUT2D eigenvalue weighted by molar-refractivity contribution is 5.97. The first-order chi connectivity index (χ1) is 6.93. The van der Waals surface area contributed by atoms with Crippen molar-refractivity contribution in [2.75, 3.05) is 5.32 Å². The van der Waals surface area contributed by atoms with E-state index in [9.17, 15) is 4.79 Å². The summed E-state index contributed by atoms with van der Waals surface area (Å²) in [6.07, 6.45) is 2.82. The Morgan fingerprint density at radius 2 is 2.20 bits per heavy atom. The molecule has 0 bridgehead atoms. The molecule has 0 aromatic carbocycles. The summed E-state index contributed by atoms with van der Waals surface area (Å²) in [4.78, 5) is 19.2. The Kier molecular flexibility index (Phi) is 3.19. The van der Waals surface area contributed by atoms with E-state index in [1.165, 1.54) is 6.08 Å². The summed E-state index contributed by atoms with van der Waals surface area (Å²) in [6, 6.07) is 1.84. The molecule has 1 rings (SSSR count). The van der Waals surface area contributed by atoms with Gasteiger partial charge in [-0.1, -0.05) is 27.4 Å². The van der Waals surface area contributed by atoms with Crippen molar-refractivity contribution >= 4 is 11.9 Å². The van der Waals surface area contributed by atoms with Crippen molar-refractivity contribution in [2.24, 2.45) is 0 Å². The molecule has 0 atom stereocenters. The maximum absolute atomic E-state index is 11.0. The smallest absolute Gasteiger partial charge is 0.250 e. The molecule has 0 aliphatic rings. The maximum Gasteiger partial charge on any atom is 0.250 e.